The number of nitrogens with zero attached hydrogens (tertiary/aromatic N) is 1. The Morgan fingerprint density at radius 1 is 1.00 bits per heavy atom. The van der Waals surface area contributed by atoms with Crippen LogP contribution in [-0.4, -0.2) is 27.4 Å². The Morgan fingerprint density at radius 2 is 1.71 bits per heavy atom. The zero-order chi connectivity index (χ0) is 22.5. The van der Waals surface area contributed by atoms with E-state index in [1.165, 1.54) is 13.8 Å². The minimum atomic E-state index is -0.783. The molecule has 3 rings (SSSR count). The molecule has 0 aliphatic heterocycles. The molecule has 0 radical (unpaired) electrons. The number of hydrogen-bond acceptors (Lipinski definition) is 6. The van der Waals surface area contributed by atoms with Gasteiger partial charge in [-0.15, -0.1) is 0 Å². The maximum atomic E-state index is 13.2. The van der Waals surface area contributed by atoms with Gasteiger partial charge in [0.25, 0.3) is 0 Å². The van der Waals surface area contributed by atoms with E-state index in [-0.39, 0.29) is 28.1 Å². The van der Waals surface area contributed by atoms with Crippen LogP contribution in [0.2, 0.25) is 0 Å². The molecule has 1 heterocycles. The van der Waals surface area contributed by atoms with E-state index in [2.05, 4.69) is 15.3 Å². The van der Waals surface area contributed by atoms with Crippen LogP contribution in [0.25, 0.3) is 0 Å². The van der Waals surface area contributed by atoms with Gasteiger partial charge in [0.05, 0.1) is 5.56 Å². The average Bonchev–Trinajstić information content (AvgIpc) is 2.72. The van der Waals surface area contributed by atoms with Crippen molar-refractivity contribution in [2.24, 2.45) is 0 Å². The number of amides is 1. The number of H-pyrrole nitrogens is 1. The third kappa shape index (κ3) is 5.35. The Labute approximate surface area is 183 Å². The van der Waals surface area contributed by atoms with Gasteiger partial charge in [0.15, 0.2) is 11.6 Å². The Morgan fingerprint density at radius 3 is 2.35 bits per heavy atom. The van der Waals surface area contributed by atoms with E-state index in [1.807, 2.05) is 6.07 Å². The molecule has 7 nitrogen and oxygen atoms in total. The summed E-state index contributed by atoms with van der Waals surface area (Å²) in [4.78, 5) is 55.5. The molecule has 0 aliphatic carbocycles. The first kappa shape index (κ1) is 22.2. The van der Waals surface area contributed by atoms with Gasteiger partial charge < -0.3 is 10.3 Å². The van der Waals surface area contributed by atoms with Crippen LogP contribution in [0.5, 0.6) is 0 Å². The van der Waals surface area contributed by atoms with Crippen LogP contribution < -0.4 is 11.0 Å². The van der Waals surface area contributed by atoms with Crippen LogP contribution >= 0.6 is 11.8 Å². The van der Waals surface area contributed by atoms with E-state index < -0.39 is 10.9 Å². The van der Waals surface area contributed by atoms with Crippen LogP contribution in [0, 0.1) is 6.92 Å². The molecule has 3 aromatic rings. The van der Waals surface area contributed by atoms with Crippen molar-refractivity contribution in [2.45, 2.75) is 31.0 Å². The predicted octanol–water partition coefficient (Wildman–Crippen LogP) is 3.96. The molecule has 0 bridgehead atoms. The van der Waals surface area contributed by atoms with Gasteiger partial charge in [-0.3, -0.25) is 14.4 Å². The van der Waals surface area contributed by atoms with Crippen molar-refractivity contribution < 1.29 is 14.4 Å². The summed E-state index contributed by atoms with van der Waals surface area (Å²) in [6.45, 7) is 4.46. The lowest BCUT2D eigenvalue weighted by Gasteiger charge is -2.18. The van der Waals surface area contributed by atoms with Crippen molar-refractivity contribution >= 4 is 34.9 Å². The normalized spacial score (nSPS) is 11.6. The Kier molecular flexibility index (Phi) is 6.81. The molecule has 8 heteroatoms. The van der Waals surface area contributed by atoms with Crippen molar-refractivity contribution in [2.75, 3.05) is 5.32 Å². The van der Waals surface area contributed by atoms with Gasteiger partial charge in [-0.25, -0.2) is 4.79 Å². The van der Waals surface area contributed by atoms with Crippen molar-refractivity contribution in [3.8, 4) is 0 Å². The molecule has 0 aliphatic rings. The minimum absolute atomic E-state index is 0.112. The number of Topliss-reactive ketones (excluding diaryl/α,β-unsaturated/α-hetero) is 2. The summed E-state index contributed by atoms with van der Waals surface area (Å²) in [6.07, 6.45) is 0. The molecule has 1 amide bonds. The fourth-order valence-corrected chi connectivity index (χ4v) is 4.33. The van der Waals surface area contributed by atoms with Crippen molar-refractivity contribution in [1.29, 1.82) is 0 Å². The SMILES string of the molecule is CC(=O)c1cccc(NC(=O)[C@@H](Sc2nc(=O)[nH]c(C)c2C(C)=O)c2ccccc2)c1. The summed E-state index contributed by atoms with van der Waals surface area (Å²) < 4.78 is 0. The summed E-state index contributed by atoms with van der Waals surface area (Å²) in [6, 6.07) is 15.7. The lowest BCUT2D eigenvalue weighted by Crippen LogP contribution is -2.22. The van der Waals surface area contributed by atoms with Crippen LogP contribution in [0.1, 0.15) is 51.1 Å². The molecule has 0 saturated heterocycles. The topological polar surface area (TPSA) is 109 Å². The standard InChI is InChI=1S/C23H21N3O4S/c1-13-19(15(3)28)22(26-23(30)24-13)31-20(16-8-5-4-6-9-16)21(29)25-18-11-7-10-17(12-18)14(2)27/h4-12,20H,1-3H3,(H,25,29)(H,24,26,30)/t20-/m0/s1. The van der Waals surface area contributed by atoms with Crippen molar-refractivity contribution in [3.63, 3.8) is 0 Å². The molecule has 0 fully saturated rings. The van der Waals surface area contributed by atoms with Crippen molar-refractivity contribution in [1.82, 2.24) is 9.97 Å². The second-order valence-electron chi connectivity index (χ2n) is 6.94. The number of carbonyl (C=O) groups excluding carboxylic acids is 3. The molecule has 0 saturated carbocycles. The number of rotatable bonds is 7. The molecular weight excluding hydrogens is 414 g/mol. The number of aryl methyl sites for hydroxylation is 1. The number of thioether (sulfide) groups is 1. The molecule has 31 heavy (non-hydrogen) atoms. The number of ketones is 2. The lowest BCUT2D eigenvalue weighted by atomic mass is 10.1. The molecule has 0 unspecified atom stereocenters. The first-order valence-corrected chi connectivity index (χ1v) is 10.4. The fraction of sp³-hybridized carbons (Fsp3) is 0.174. The highest BCUT2D eigenvalue weighted by atomic mass is 32.2. The molecule has 2 aromatic carbocycles. The van der Waals surface area contributed by atoms with Crippen LogP contribution in [-0.2, 0) is 4.79 Å². The summed E-state index contributed by atoms with van der Waals surface area (Å²) >= 11 is 1.03. The zero-order valence-corrected chi connectivity index (χ0v) is 18.1. The van der Waals surface area contributed by atoms with E-state index in [9.17, 15) is 19.2 Å². The van der Waals surface area contributed by atoms with Gasteiger partial charge in [0, 0.05) is 16.9 Å². The smallest absolute Gasteiger partial charge is 0.325 e. The van der Waals surface area contributed by atoms with Gasteiger partial charge >= 0.3 is 5.69 Å². The maximum Gasteiger partial charge on any atom is 0.346 e. The van der Waals surface area contributed by atoms with Gasteiger partial charge in [0.1, 0.15) is 10.3 Å². The largest absolute Gasteiger partial charge is 0.346 e. The Bertz CT molecular complexity index is 1200. The summed E-state index contributed by atoms with van der Waals surface area (Å²) in [5, 5.41) is 2.23. The number of benzene rings is 2. The number of hydrogen-bond donors (Lipinski definition) is 2. The molecule has 0 spiro atoms. The van der Waals surface area contributed by atoms with E-state index in [0.717, 1.165) is 11.8 Å². The lowest BCUT2D eigenvalue weighted by molar-refractivity contribution is -0.115. The highest BCUT2D eigenvalue weighted by molar-refractivity contribution is 8.00. The second kappa shape index (κ2) is 9.53. The van der Waals surface area contributed by atoms with E-state index in [1.54, 1.807) is 55.5 Å². The molecule has 1 aromatic heterocycles. The third-order valence-electron chi connectivity index (χ3n) is 4.55. The van der Waals surface area contributed by atoms with Crippen molar-refractivity contribution in [3.05, 3.63) is 87.5 Å². The Balaban J connectivity index is 2.00. The quantitative estimate of drug-likeness (QED) is 0.330. The van der Waals surface area contributed by atoms with E-state index >= 15 is 0 Å². The fourth-order valence-electron chi connectivity index (χ4n) is 3.10. The molecule has 2 N–H and O–H groups in total. The average molecular weight is 436 g/mol. The number of carbonyl (C=O) groups is 3. The number of anilines is 1. The van der Waals surface area contributed by atoms with Gasteiger partial charge in [-0.2, -0.15) is 4.98 Å². The summed E-state index contributed by atoms with van der Waals surface area (Å²) in [5.74, 6) is -0.740. The third-order valence-corrected chi connectivity index (χ3v) is 5.79. The van der Waals surface area contributed by atoms with E-state index in [0.29, 0.717) is 22.5 Å². The molecule has 158 valence electrons. The summed E-state index contributed by atoms with van der Waals surface area (Å²) in [7, 11) is 0. The highest BCUT2D eigenvalue weighted by Crippen LogP contribution is 2.37. The highest BCUT2D eigenvalue weighted by Gasteiger charge is 2.26. The number of aromatic nitrogens is 2. The first-order chi connectivity index (χ1) is 14.8. The van der Waals surface area contributed by atoms with Gasteiger partial charge in [-0.1, -0.05) is 54.2 Å². The Hall–Kier alpha value is -3.52. The molecular formula is C23H21N3O4S. The number of nitrogens with one attached hydrogen (secondary N) is 2. The first-order valence-electron chi connectivity index (χ1n) is 9.51. The van der Waals surface area contributed by atoms with Crippen LogP contribution in [0.4, 0.5) is 5.69 Å². The maximum absolute atomic E-state index is 13.2. The summed E-state index contributed by atoms with van der Waals surface area (Å²) in [5.41, 5.74) is 1.72. The van der Waals surface area contributed by atoms with Gasteiger partial charge in [0.2, 0.25) is 5.91 Å². The van der Waals surface area contributed by atoms with Gasteiger partial charge in [-0.05, 0) is 38.5 Å². The predicted molar refractivity (Wildman–Crippen MR) is 120 cm³/mol. The van der Waals surface area contributed by atoms with Crippen LogP contribution in [0.15, 0.2) is 64.4 Å². The zero-order valence-electron chi connectivity index (χ0n) is 17.3. The minimum Gasteiger partial charge on any atom is -0.325 e. The number of aromatic amines is 1. The van der Waals surface area contributed by atoms with Crippen LogP contribution in [0.3, 0.4) is 0 Å². The monoisotopic (exact) mass is 435 g/mol. The van der Waals surface area contributed by atoms with E-state index in [4.69, 9.17) is 0 Å². The molecule has 1 atom stereocenters. The second-order valence-corrected chi connectivity index (χ2v) is 8.03.